The molecule has 0 amide bonds. The lowest BCUT2D eigenvalue weighted by molar-refractivity contribution is -0.142. The summed E-state index contributed by atoms with van der Waals surface area (Å²) in [5, 5.41) is -0.384. The van der Waals surface area contributed by atoms with Crippen molar-refractivity contribution in [3.05, 3.63) is 0 Å². The quantitative estimate of drug-likeness (QED) is 0.568. The van der Waals surface area contributed by atoms with Crippen LogP contribution < -0.4 is 0 Å². The van der Waals surface area contributed by atoms with Gasteiger partial charge in [-0.1, -0.05) is 0 Å². The van der Waals surface area contributed by atoms with Crippen LogP contribution in [0.15, 0.2) is 0 Å². The van der Waals surface area contributed by atoms with Crippen LogP contribution in [0.5, 0.6) is 0 Å². The van der Waals surface area contributed by atoms with Crippen LogP contribution in [0.3, 0.4) is 0 Å². The summed E-state index contributed by atoms with van der Waals surface area (Å²) in [6.07, 6.45) is 0.392. The van der Waals surface area contributed by atoms with Crippen molar-refractivity contribution in [2.24, 2.45) is 0 Å². The molecule has 0 saturated heterocycles. The molecular weight excluding hydrogens is 243 g/mol. The molecular formula is C5H7BrCl2O2. The Labute approximate surface area is 77.9 Å². The Bertz CT molecular complexity index is 118. The molecule has 0 rings (SSSR count). The first-order valence-corrected chi connectivity index (χ1v) is 4.40. The van der Waals surface area contributed by atoms with Crippen molar-refractivity contribution in [2.75, 3.05) is 0 Å². The number of hydrogen-bond acceptors (Lipinski definition) is 2. The van der Waals surface area contributed by atoms with Gasteiger partial charge >= 0.3 is 5.97 Å². The maximum absolute atomic E-state index is 10.3. The van der Waals surface area contributed by atoms with Gasteiger partial charge in [-0.15, -0.1) is 23.2 Å². The fraction of sp³-hybridized carbons (Fsp3) is 0.800. The van der Waals surface area contributed by atoms with E-state index in [-0.39, 0.29) is 11.0 Å². The molecule has 0 aromatic heterocycles. The van der Waals surface area contributed by atoms with E-state index in [1.165, 1.54) is 6.92 Å². The summed E-state index contributed by atoms with van der Waals surface area (Å²) in [6.45, 7) is 1.33. The molecule has 10 heavy (non-hydrogen) atoms. The highest BCUT2D eigenvalue weighted by Gasteiger charge is 2.11. The molecule has 0 bridgehead atoms. The molecule has 2 nitrogen and oxygen atoms in total. The molecule has 1 atom stereocenters. The molecule has 0 aromatic carbocycles. The maximum Gasteiger partial charge on any atom is 0.303 e. The van der Waals surface area contributed by atoms with Gasteiger partial charge in [-0.3, -0.25) is 4.79 Å². The van der Waals surface area contributed by atoms with Crippen molar-refractivity contribution in [1.29, 1.82) is 0 Å². The van der Waals surface area contributed by atoms with Gasteiger partial charge in [0.25, 0.3) is 0 Å². The molecule has 0 aromatic rings. The summed E-state index contributed by atoms with van der Waals surface area (Å²) >= 11 is 13.9. The highest BCUT2D eigenvalue weighted by molar-refractivity contribution is 9.09. The van der Waals surface area contributed by atoms with Crippen LogP contribution in [0.2, 0.25) is 0 Å². The van der Waals surface area contributed by atoms with Crippen LogP contribution in [0.4, 0.5) is 0 Å². The molecule has 0 radical (unpaired) electrons. The Balaban J connectivity index is 3.43. The third-order valence-electron chi connectivity index (χ3n) is 0.657. The topological polar surface area (TPSA) is 26.3 Å². The van der Waals surface area contributed by atoms with Crippen molar-refractivity contribution in [2.45, 2.75) is 23.2 Å². The van der Waals surface area contributed by atoms with Crippen molar-refractivity contribution >= 4 is 45.1 Å². The molecule has 0 N–H and O–H groups in total. The minimum Gasteiger partial charge on any atom is -0.451 e. The van der Waals surface area contributed by atoms with Crippen molar-refractivity contribution < 1.29 is 9.53 Å². The third-order valence-corrected chi connectivity index (χ3v) is 1.57. The number of hydrogen-bond donors (Lipinski definition) is 0. The zero-order valence-corrected chi connectivity index (χ0v) is 8.41. The zero-order valence-electron chi connectivity index (χ0n) is 5.31. The molecule has 0 saturated carbocycles. The standard InChI is InChI=1S/C5H7BrCl2O2/c1-3(9)10-4(6)2-5(7)8/h4-5H,2H2,1H3. The minimum absolute atomic E-state index is 0.351. The maximum atomic E-state index is 10.3. The molecule has 0 aliphatic heterocycles. The zero-order chi connectivity index (χ0) is 8.15. The van der Waals surface area contributed by atoms with Crippen LogP contribution in [-0.2, 0) is 9.53 Å². The molecule has 0 fully saturated rings. The van der Waals surface area contributed by atoms with Crippen LogP contribution >= 0.6 is 39.1 Å². The van der Waals surface area contributed by atoms with Gasteiger partial charge in [-0.25, -0.2) is 0 Å². The number of alkyl halides is 3. The largest absolute Gasteiger partial charge is 0.451 e. The fourth-order valence-corrected chi connectivity index (χ4v) is 1.76. The third kappa shape index (κ3) is 6.65. The van der Waals surface area contributed by atoms with E-state index < -0.39 is 4.84 Å². The second-order valence-electron chi connectivity index (χ2n) is 1.65. The van der Waals surface area contributed by atoms with Gasteiger partial charge in [0, 0.05) is 13.3 Å². The van der Waals surface area contributed by atoms with Gasteiger partial charge in [-0.05, 0) is 15.9 Å². The number of carbonyl (C=O) groups is 1. The van der Waals surface area contributed by atoms with Gasteiger partial charge in [0.2, 0.25) is 0 Å². The molecule has 60 valence electrons. The second kappa shape index (κ2) is 5.22. The number of carbonyl (C=O) groups excluding carboxylic acids is 1. The second-order valence-corrected chi connectivity index (χ2v) is 3.94. The molecule has 0 spiro atoms. The summed E-state index contributed by atoms with van der Waals surface area (Å²) < 4.78 is 4.67. The first-order valence-electron chi connectivity index (χ1n) is 2.62. The van der Waals surface area contributed by atoms with Crippen molar-refractivity contribution in [3.63, 3.8) is 0 Å². The molecule has 0 aliphatic rings. The van der Waals surface area contributed by atoms with E-state index in [9.17, 15) is 4.79 Å². The summed E-state index contributed by atoms with van der Waals surface area (Å²) in [6, 6.07) is 0. The summed E-state index contributed by atoms with van der Waals surface area (Å²) in [4.78, 5) is 9.79. The van der Waals surface area contributed by atoms with Crippen LogP contribution in [-0.4, -0.2) is 15.8 Å². The monoisotopic (exact) mass is 248 g/mol. The van der Waals surface area contributed by atoms with Gasteiger partial charge < -0.3 is 4.74 Å². The highest BCUT2D eigenvalue weighted by Crippen LogP contribution is 2.16. The van der Waals surface area contributed by atoms with E-state index in [2.05, 4.69) is 20.7 Å². The Morgan fingerprint density at radius 1 is 1.70 bits per heavy atom. The summed E-state index contributed by atoms with van der Waals surface area (Å²) in [5.41, 5.74) is 0. The number of esters is 1. The van der Waals surface area contributed by atoms with E-state index in [1.54, 1.807) is 0 Å². The lowest BCUT2D eigenvalue weighted by atomic mass is 10.5. The van der Waals surface area contributed by atoms with Crippen LogP contribution in [0.25, 0.3) is 0 Å². The van der Waals surface area contributed by atoms with E-state index >= 15 is 0 Å². The number of halogens is 3. The fourth-order valence-electron chi connectivity index (χ4n) is 0.368. The van der Waals surface area contributed by atoms with E-state index in [4.69, 9.17) is 23.2 Å². The molecule has 1 unspecified atom stereocenters. The predicted octanol–water partition coefficient (Wildman–Crippen LogP) is 2.46. The highest BCUT2D eigenvalue weighted by atomic mass is 79.9. The Morgan fingerprint density at radius 3 is 2.50 bits per heavy atom. The number of ether oxygens (including phenoxy) is 1. The Kier molecular flexibility index (Phi) is 5.49. The van der Waals surface area contributed by atoms with Crippen LogP contribution in [0.1, 0.15) is 13.3 Å². The Morgan fingerprint density at radius 2 is 2.20 bits per heavy atom. The normalized spacial score (nSPS) is 13.3. The lowest BCUT2D eigenvalue weighted by Gasteiger charge is -2.09. The first-order chi connectivity index (χ1) is 4.52. The predicted molar refractivity (Wildman–Crippen MR) is 44.6 cm³/mol. The average Bonchev–Trinajstić information content (AvgIpc) is 1.58. The summed E-state index contributed by atoms with van der Waals surface area (Å²) in [5.74, 6) is -0.351. The lowest BCUT2D eigenvalue weighted by Crippen LogP contribution is -2.11. The van der Waals surface area contributed by atoms with Gasteiger partial charge in [0.05, 0.1) is 0 Å². The SMILES string of the molecule is CC(=O)OC(Br)CC(Cl)Cl. The van der Waals surface area contributed by atoms with Crippen molar-refractivity contribution in [3.8, 4) is 0 Å². The van der Waals surface area contributed by atoms with E-state index in [1.807, 2.05) is 0 Å². The van der Waals surface area contributed by atoms with Gasteiger partial charge in [0.1, 0.15) is 4.84 Å². The summed E-state index contributed by atoms with van der Waals surface area (Å²) in [7, 11) is 0. The minimum atomic E-state index is -0.510. The molecule has 5 heteroatoms. The van der Waals surface area contributed by atoms with Gasteiger partial charge in [0.15, 0.2) is 5.01 Å². The average molecular weight is 250 g/mol. The smallest absolute Gasteiger partial charge is 0.303 e. The molecule has 0 heterocycles. The Hall–Kier alpha value is 0.530. The van der Waals surface area contributed by atoms with Crippen molar-refractivity contribution in [1.82, 2.24) is 0 Å². The van der Waals surface area contributed by atoms with E-state index in [0.29, 0.717) is 6.42 Å². The number of rotatable bonds is 3. The first kappa shape index (κ1) is 10.5. The van der Waals surface area contributed by atoms with Crippen LogP contribution in [0, 0.1) is 0 Å². The van der Waals surface area contributed by atoms with Gasteiger partial charge in [-0.2, -0.15) is 0 Å². The van der Waals surface area contributed by atoms with E-state index in [0.717, 1.165) is 0 Å². The molecule has 0 aliphatic carbocycles.